The molecule has 0 fully saturated rings. The predicted molar refractivity (Wildman–Crippen MR) is 91.1 cm³/mol. The van der Waals surface area contributed by atoms with Gasteiger partial charge < -0.3 is 15.2 Å². The van der Waals surface area contributed by atoms with Crippen LogP contribution in [0.1, 0.15) is 29.2 Å². The molecule has 0 aliphatic rings. The summed E-state index contributed by atoms with van der Waals surface area (Å²) in [6.45, 7) is 0.655. The highest BCUT2D eigenvalue weighted by Gasteiger charge is 2.34. The van der Waals surface area contributed by atoms with Gasteiger partial charge in [0.25, 0.3) is 0 Å². The molecule has 0 saturated heterocycles. The topological polar surface area (TPSA) is 58.6 Å². The molecule has 0 radical (unpaired) electrons. The molecule has 1 atom stereocenters. The zero-order chi connectivity index (χ0) is 19.2. The largest absolute Gasteiger partial charge is 0.486 e. The number of rotatable bonds is 8. The molecule has 4 nitrogen and oxygen atoms in total. The standard InChI is InChI=1S/C19H20F3NO3/c1-23-10-9-17(13-5-3-2-4-6-13)26-15-7-8-16(19(20,21)22)14(11-15)12-18(24)25/h2-8,11,17,23H,9-10,12H2,1H3,(H,24,25). The highest BCUT2D eigenvalue weighted by Crippen LogP contribution is 2.35. The normalized spacial score (nSPS) is 12.6. The van der Waals surface area contributed by atoms with Crippen LogP contribution in [0.3, 0.4) is 0 Å². The van der Waals surface area contributed by atoms with Crippen LogP contribution in [0.25, 0.3) is 0 Å². The molecule has 2 rings (SSSR count). The lowest BCUT2D eigenvalue weighted by molar-refractivity contribution is -0.139. The SMILES string of the molecule is CNCCC(Oc1ccc(C(F)(F)F)c(CC(=O)O)c1)c1ccccc1. The van der Waals surface area contributed by atoms with Gasteiger partial charge in [-0.1, -0.05) is 30.3 Å². The van der Waals surface area contributed by atoms with Crippen LogP contribution in [0.2, 0.25) is 0 Å². The summed E-state index contributed by atoms with van der Waals surface area (Å²) in [4.78, 5) is 10.9. The number of halogens is 3. The lowest BCUT2D eigenvalue weighted by Gasteiger charge is -2.21. The van der Waals surface area contributed by atoms with Gasteiger partial charge in [-0.3, -0.25) is 4.79 Å². The fraction of sp³-hybridized carbons (Fsp3) is 0.316. The molecule has 0 amide bonds. The minimum atomic E-state index is -4.62. The van der Waals surface area contributed by atoms with Crippen molar-refractivity contribution < 1.29 is 27.8 Å². The number of alkyl halides is 3. The van der Waals surface area contributed by atoms with Crippen molar-refractivity contribution in [3.8, 4) is 5.75 Å². The molecule has 0 aliphatic carbocycles. The van der Waals surface area contributed by atoms with E-state index in [2.05, 4.69) is 5.32 Å². The Bertz CT molecular complexity index is 733. The Morgan fingerprint density at radius 3 is 2.46 bits per heavy atom. The number of hydrogen-bond donors (Lipinski definition) is 2. The Morgan fingerprint density at radius 2 is 1.88 bits per heavy atom. The van der Waals surface area contributed by atoms with Gasteiger partial charge in [0.1, 0.15) is 11.9 Å². The zero-order valence-corrected chi connectivity index (χ0v) is 14.2. The second-order valence-electron chi connectivity index (χ2n) is 5.80. The van der Waals surface area contributed by atoms with Crippen molar-refractivity contribution in [3.05, 3.63) is 65.2 Å². The first-order valence-corrected chi connectivity index (χ1v) is 8.09. The van der Waals surface area contributed by atoms with Crippen molar-refractivity contribution in [1.29, 1.82) is 0 Å². The van der Waals surface area contributed by atoms with Gasteiger partial charge in [0.15, 0.2) is 0 Å². The van der Waals surface area contributed by atoms with E-state index >= 15 is 0 Å². The molecule has 2 aromatic rings. The quantitative estimate of drug-likeness (QED) is 0.739. The average molecular weight is 367 g/mol. The molecule has 7 heteroatoms. The van der Waals surface area contributed by atoms with E-state index in [0.717, 1.165) is 17.7 Å². The van der Waals surface area contributed by atoms with Crippen LogP contribution >= 0.6 is 0 Å². The van der Waals surface area contributed by atoms with Crippen LogP contribution in [0.15, 0.2) is 48.5 Å². The summed E-state index contributed by atoms with van der Waals surface area (Å²) in [6, 6.07) is 12.6. The molecule has 0 bridgehead atoms. The van der Waals surface area contributed by atoms with Gasteiger partial charge in [0.2, 0.25) is 0 Å². The highest BCUT2D eigenvalue weighted by atomic mass is 19.4. The molecule has 0 saturated carbocycles. The van der Waals surface area contributed by atoms with E-state index in [1.54, 1.807) is 7.05 Å². The maximum absolute atomic E-state index is 13.1. The summed E-state index contributed by atoms with van der Waals surface area (Å²) in [7, 11) is 1.80. The van der Waals surface area contributed by atoms with E-state index in [4.69, 9.17) is 9.84 Å². The number of ether oxygens (including phenoxy) is 1. The van der Waals surface area contributed by atoms with Crippen LogP contribution in [-0.4, -0.2) is 24.7 Å². The van der Waals surface area contributed by atoms with Crippen molar-refractivity contribution >= 4 is 5.97 Å². The summed E-state index contributed by atoms with van der Waals surface area (Å²) < 4.78 is 45.1. The molecule has 2 N–H and O–H groups in total. The third-order valence-corrected chi connectivity index (χ3v) is 3.83. The fourth-order valence-corrected chi connectivity index (χ4v) is 2.63. The van der Waals surface area contributed by atoms with Crippen LogP contribution in [0, 0.1) is 0 Å². The Morgan fingerprint density at radius 1 is 1.19 bits per heavy atom. The number of aliphatic carboxylic acids is 1. The number of carboxylic acid groups (broad SMARTS) is 1. The van der Waals surface area contributed by atoms with Crippen LogP contribution < -0.4 is 10.1 Å². The molecule has 0 aliphatic heterocycles. The molecule has 0 heterocycles. The lowest BCUT2D eigenvalue weighted by atomic mass is 10.0. The second kappa shape index (κ2) is 8.71. The highest BCUT2D eigenvalue weighted by molar-refractivity contribution is 5.71. The van der Waals surface area contributed by atoms with Gasteiger partial charge >= 0.3 is 12.1 Å². The monoisotopic (exact) mass is 367 g/mol. The van der Waals surface area contributed by atoms with Crippen molar-refractivity contribution in [1.82, 2.24) is 5.32 Å². The van der Waals surface area contributed by atoms with E-state index in [-0.39, 0.29) is 17.4 Å². The van der Waals surface area contributed by atoms with Crippen molar-refractivity contribution in [2.75, 3.05) is 13.6 Å². The summed E-state index contributed by atoms with van der Waals surface area (Å²) in [5.74, 6) is -1.12. The Kier molecular flexibility index (Phi) is 6.63. The molecule has 2 aromatic carbocycles. The molecule has 140 valence electrons. The van der Waals surface area contributed by atoms with Gasteiger partial charge in [0.05, 0.1) is 12.0 Å². The first kappa shape index (κ1) is 19.8. The Labute approximate surface area is 149 Å². The Hall–Kier alpha value is -2.54. The number of nitrogens with one attached hydrogen (secondary N) is 1. The van der Waals surface area contributed by atoms with Crippen molar-refractivity contribution in [2.45, 2.75) is 25.1 Å². The molecular weight excluding hydrogens is 347 g/mol. The smallest absolute Gasteiger partial charge is 0.416 e. The van der Waals surface area contributed by atoms with Crippen LogP contribution in [0.5, 0.6) is 5.75 Å². The van der Waals surface area contributed by atoms with Crippen molar-refractivity contribution in [3.63, 3.8) is 0 Å². The van der Waals surface area contributed by atoms with Crippen LogP contribution in [0.4, 0.5) is 13.2 Å². The Balaban J connectivity index is 2.32. The van der Waals surface area contributed by atoms with E-state index < -0.39 is 24.1 Å². The van der Waals surface area contributed by atoms with Gasteiger partial charge in [-0.2, -0.15) is 13.2 Å². The van der Waals surface area contributed by atoms with Crippen molar-refractivity contribution in [2.24, 2.45) is 0 Å². The number of hydrogen-bond acceptors (Lipinski definition) is 3. The first-order chi connectivity index (χ1) is 12.3. The number of carboxylic acids is 1. The molecular formula is C19H20F3NO3. The first-order valence-electron chi connectivity index (χ1n) is 8.09. The summed E-state index contributed by atoms with van der Waals surface area (Å²) in [6.07, 6.45) is -5.10. The average Bonchev–Trinajstić information content (AvgIpc) is 2.58. The molecule has 26 heavy (non-hydrogen) atoms. The minimum absolute atomic E-state index is 0.208. The third-order valence-electron chi connectivity index (χ3n) is 3.83. The molecule has 0 spiro atoms. The van der Waals surface area contributed by atoms with Crippen LogP contribution in [-0.2, 0) is 17.4 Å². The summed E-state index contributed by atoms with van der Waals surface area (Å²) in [5.41, 5.74) is -0.385. The third kappa shape index (κ3) is 5.49. The predicted octanol–water partition coefficient (Wildman–Crippen LogP) is 4.06. The van der Waals surface area contributed by atoms with Gasteiger partial charge in [-0.15, -0.1) is 0 Å². The molecule has 0 aromatic heterocycles. The lowest BCUT2D eigenvalue weighted by Crippen LogP contribution is -2.17. The maximum Gasteiger partial charge on any atom is 0.416 e. The number of carbonyl (C=O) groups is 1. The summed E-state index contributed by atoms with van der Waals surface area (Å²) >= 11 is 0. The van der Waals surface area contributed by atoms with Gasteiger partial charge in [-0.05, 0) is 42.9 Å². The van der Waals surface area contributed by atoms with E-state index in [9.17, 15) is 18.0 Å². The number of benzene rings is 2. The maximum atomic E-state index is 13.1. The zero-order valence-electron chi connectivity index (χ0n) is 14.2. The van der Waals surface area contributed by atoms with Gasteiger partial charge in [-0.25, -0.2) is 0 Å². The van der Waals surface area contributed by atoms with E-state index in [0.29, 0.717) is 13.0 Å². The van der Waals surface area contributed by atoms with E-state index in [1.165, 1.54) is 6.07 Å². The molecule has 1 unspecified atom stereocenters. The van der Waals surface area contributed by atoms with E-state index in [1.807, 2.05) is 30.3 Å². The van der Waals surface area contributed by atoms with Gasteiger partial charge in [0, 0.05) is 6.42 Å². The minimum Gasteiger partial charge on any atom is -0.486 e. The second-order valence-corrected chi connectivity index (χ2v) is 5.80. The fourth-order valence-electron chi connectivity index (χ4n) is 2.63. The summed E-state index contributed by atoms with van der Waals surface area (Å²) in [5, 5.41) is 11.9.